The van der Waals surface area contributed by atoms with Gasteiger partial charge in [0.05, 0.1) is 12.1 Å². The lowest BCUT2D eigenvalue weighted by Gasteiger charge is -2.36. The van der Waals surface area contributed by atoms with E-state index in [1.165, 1.54) is 6.92 Å². The largest absolute Gasteiger partial charge is 0.450 e. The van der Waals surface area contributed by atoms with Crippen LogP contribution in [0, 0.1) is 11.8 Å². The lowest BCUT2D eigenvalue weighted by Crippen LogP contribution is -2.56. The molecule has 0 aliphatic carbocycles. The highest BCUT2D eigenvalue weighted by molar-refractivity contribution is 5.67. The zero-order valence-corrected chi connectivity index (χ0v) is 13.6. The highest BCUT2D eigenvalue weighted by atomic mass is 16.6. The monoisotopic (exact) mass is 283 g/mol. The zero-order chi connectivity index (χ0) is 15.5. The van der Waals surface area contributed by atoms with Gasteiger partial charge in [0.2, 0.25) is 0 Å². The molecule has 1 aliphatic heterocycles. The smallest absolute Gasteiger partial charge is 0.303 e. The van der Waals surface area contributed by atoms with Gasteiger partial charge in [-0.15, -0.1) is 0 Å². The van der Waals surface area contributed by atoms with Gasteiger partial charge >= 0.3 is 5.97 Å². The quantitative estimate of drug-likeness (QED) is 0.601. The Kier molecular flexibility index (Phi) is 5.78. The second kappa shape index (κ2) is 6.72. The molecule has 20 heavy (non-hydrogen) atoms. The van der Waals surface area contributed by atoms with Gasteiger partial charge in [-0.05, 0) is 31.4 Å². The predicted octanol–water partition coefficient (Wildman–Crippen LogP) is 2.53. The fourth-order valence-corrected chi connectivity index (χ4v) is 3.24. The Morgan fingerprint density at radius 3 is 2.40 bits per heavy atom. The van der Waals surface area contributed by atoms with E-state index in [1.807, 2.05) is 7.05 Å². The van der Waals surface area contributed by atoms with Crippen molar-refractivity contribution in [1.82, 2.24) is 5.32 Å². The van der Waals surface area contributed by atoms with Gasteiger partial charge in [0.1, 0.15) is 6.10 Å². The number of hydrogen-bond acceptors (Lipinski definition) is 4. The molecule has 4 nitrogen and oxygen atoms in total. The molecule has 0 aromatic carbocycles. The molecular weight excluding hydrogens is 254 g/mol. The standard InChI is InChI=1S/C16H29NO3/c1-8-16(20-12(6)18)14(17-7)13(9-10(2)3)19-15(16)11(4)5/h8,10-11,13-15,17H,1,9H2,2-7H3/t13-,14+,15+,16-/m1/s1. The van der Waals surface area contributed by atoms with Gasteiger partial charge in [0.15, 0.2) is 5.60 Å². The van der Waals surface area contributed by atoms with Crippen LogP contribution in [0.1, 0.15) is 41.0 Å². The lowest BCUT2D eigenvalue weighted by atomic mass is 9.82. The molecule has 1 aliphatic rings. The van der Waals surface area contributed by atoms with Gasteiger partial charge in [-0.2, -0.15) is 0 Å². The summed E-state index contributed by atoms with van der Waals surface area (Å²) in [7, 11) is 1.88. The van der Waals surface area contributed by atoms with Crippen LogP contribution in [0.2, 0.25) is 0 Å². The Balaban J connectivity index is 3.17. The number of ether oxygens (including phenoxy) is 2. The molecule has 1 N–H and O–H groups in total. The van der Waals surface area contributed by atoms with Crippen molar-refractivity contribution in [3.8, 4) is 0 Å². The van der Waals surface area contributed by atoms with Crippen LogP contribution in [-0.4, -0.2) is 36.9 Å². The summed E-state index contributed by atoms with van der Waals surface area (Å²) >= 11 is 0. The molecule has 0 bridgehead atoms. The van der Waals surface area contributed by atoms with Crippen LogP contribution < -0.4 is 5.32 Å². The Labute approximate surface area is 122 Å². The SMILES string of the molecule is C=C[C@]1(OC(C)=O)[C@H](C(C)C)O[C@H](CC(C)C)[C@@H]1NC. The number of carbonyl (C=O) groups is 1. The summed E-state index contributed by atoms with van der Waals surface area (Å²) < 4.78 is 11.9. The number of nitrogens with one attached hydrogen (secondary N) is 1. The van der Waals surface area contributed by atoms with E-state index in [1.54, 1.807) is 6.08 Å². The van der Waals surface area contributed by atoms with Gasteiger partial charge < -0.3 is 14.8 Å². The van der Waals surface area contributed by atoms with Crippen molar-refractivity contribution < 1.29 is 14.3 Å². The molecule has 4 atom stereocenters. The van der Waals surface area contributed by atoms with E-state index < -0.39 is 5.60 Å². The van der Waals surface area contributed by atoms with Crippen LogP contribution in [0.15, 0.2) is 12.7 Å². The third-order valence-corrected chi connectivity index (χ3v) is 3.88. The van der Waals surface area contributed by atoms with Crippen molar-refractivity contribution in [3.05, 3.63) is 12.7 Å². The minimum atomic E-state index is -0.797. The third kappa shape index (κ3) is 3.23. The number of carbonyl (C=O) groups excluding carboxylic acids is 1. The number of hydrogen-bond donors (Lipinski definition) is 1. The normalized spacial score (nSPS) is 33.7. The van der Waals surface area contributed by atoms with Crippen LogP contribution in [0.3, 0.4) is 0 Å². The van der Waals surface area contributed by atoms with E-state index in [2.05, 4.69) is 39.6 Å². The van der Waals surface area contributed by atoms with Gasteiger partial charge in [-0.1, -0.05) is 34.3 Å². The van der Waals surface area contributed by atoms with E-state index in [4.69, 9.17) is 9.47 Å². The average molecular weight is 283 g/mol. The molecule has 1 saturated heterocycles. The summed E-state index contributed by atoms with van der Waals surface area (Å²) in [6.45, 7) is 13.8. The van der Waals surface area contributed by atoms with Crippen molar-refractivity contribution in [2.45, 2.75) is 64.9 Å². The van der Waals surface area contributed by atoms with Crippen molar-refractivity contribution >= 4 is 5.97 Å². The van der Waals surface area contributed by atoms with Crippen molar-refractivity contribution in [1.29, 1.82) is 0 Å². The van der Waals surface area contributed by atoms with Crippen LogP contribution in [0.25, 0.3) is 0 Å². The lowest BCUT2D eigenvalue weighted by molar-refractivity contribution is -0.160. The first kappa shape index (κ1) is 17.2. The maximum absolute atomic E-state index is 11.6. The fraction of sp³-hybridized carbons (Fsp3) is 0.812. The second-order valence-corrected chi connectivity index (χ2v) is 6.39. The molecule has 1 fully saturated rings. The first-order chi connectivity index (χ1) is 9.28. The van der Waals surface area contributed by atoms with E-state index in [-0.39, 0.29) is 30.1 Å². The van der Waals surface area contributed by atoms with Crippen molar-refractivity contribution in [3.63, 3.8) is 0 Å². The van der Waals surface area contributed by atoms with Crippen LogP contribution in [0.5, 0.6) is 0 Å². The summed E-state index contributed by atoms with van der Waals surface area (Å²) in [4.78, 5) is 11.6. The maximum Gasteiger partial charge on any atom is 0.303 e. The summed E-state index contributed by atoms with van der Waals surface area (Å²) in [6, 6.07) is -0.0706. The second-order valence-electron chi connectivity index (χ2n) is 6.39. The highest BCUT2D eigenvalue weighted by Crippen LogP contribution is 2.41. The molecule has 4 heteroatoms. The van der Waals surface area contributed by atoms with Gasteiger partial charge in [0, 0.05) is 6.92 Å². The molecule has 0 radical (unpaired) electrons. The van der Waals surface area contributed by atoms with Gasteiger partial charge in [0.25, 0.3) is 0 Å². The summed E-state index contributed by atoms with van der Waals surface area (Å²) in [5, 5.41) is 3.28. The molecule has 0 aromatic rings. The third-order valence-electron chi connectivity index (χ3n) is 3.88. The first-order valence-corrected chi connectivity index (χ1v) is 7.44. The first-order valence-electron chi connectivity index (χ1n) is 7.44. The van der Waals surface area contributed by atoms with E-state index >= 15 is 0 Å². The molecule has 0 unspecified atom stereocenters. The maximum atomic E-state index is 11.6. The Hall–Kier alpha value is -0.870. The molecule has 1 heterocycles. The zero-order valence-electron chi connectivity index (χ0n) is 13.6. The number of likely N-dealkylation sites (N-methyl/N-ethyl adjacent to an activating group) is 1. The number of rotatable bonds is 6. The van der Waals surface area contributed by atoms with Gasteiger partial charge in [-0.3, -0.25) is 4.79 Å². The highest BCUT2D eigenvalue weighted by Gasteiger charge is 2.57. The minimum Gasteiger partial charge on any atom is -0.450 e. The molecule has 0 spiro atoms. The van der Waals surface area contributed by atoms with E-state index in [0.29, 0.717) is 5.92 Å². The molecule has 0 saturated carbocycles. The van der Waals surface area contributed by atoms with E-state index in [9.17, 15) is 4.79 Å². The van der Waals surface area contributed by atoms with Crippen molar-refractivity contribution in [2.75, 3.05) is 7.05 Å². The van der Waals surface area contributed by atoms with E-state index in [0.717, 1.165) is 6.42 Å². The van der Waals surface area contributed by atoms with Gasteiger partial charge in [-0.25, -0.2) is 0 Å². The summed E-state index contributed by atoms with van der Waals surface area (Å²) in [5.41, 5.74) is -0.797. The molecule has 0 amide bonds. The molecule has 116 valence electrons. The number of esters is 1. The topological polar surface area (TPSA) is 47.6 Å². The summed E-state index contributed by atoms with van der Waals surface area (Å²) in [5.74, 6) is 0.451. The molecular formula is C16H29NO3. The Morgan fingerprint density at radius 2 is 2.05 bits per heavy atom. The van der Waals surface area contributed by atoms with Crippen molar-refractivity contribution in [2.24, 2.45) is 11.8 Å². The average Bonchev–Trinajstić information content (AvgIpc) is 2.61. The predicted molar refractivity (Wildman–Crippen MR) is 80.5 cm³/mol. The van der Waals surface area contributed by atoms with Crippen LogP contribution in [-0.2, 0) is 14.3 Å². The Bertz CT molecular complexity index is 354. The molecule has 1 rings (SSSR count). The van der Waals surface area contributed by atoms with Crippen LogP contribution in [0.4, 0.5) is 0 Å². The molecule has 0 aromatic heterocycles. The van der Waals surface area contributed by atoms with Crippen LogP contribution >= 0.6 is 0 Å². The minimum absolute atomic E-state index is 0.0183. The Morgan fingerprint density at radius 1 is 1.45 bits per heavy atom. The fourth-order valence-electron chi connectivity index (χ4n) is 3.24. The summed E-state index contributed by atoms with van der Waals surface area (Å²) in [6.07, 6.45) is 2.50.